The maximum absolute atomic E-state index is 12.2. The van der Waals surface area contributed by atoms with Gasteiger partial charge in [-0.15, -0.1) is 11.3 Å². The first-order valence-electron chi connectivity index (χ1n) is 6.86. The standard InChI is InChI=1S/C14H21N3OS/c1-13(2)8-4-5-14(13,3)10(6-8)17-11(18)9-7-19-12(15)16-9/h7-8,10H,4-6H2,1-3H3,(H2,15,16)(H,17,18). The molecule has 104 valence electrons. The van der Waals surface area contributed by atoms with Crippen LogP contribution in [0.1, 0.15) is 50.5 Å². The number of hydrogen-bond donors (Lipinski definition) is 2. The van der Waals surface area contributed by atoms with E-state index in [2.05, 4.69) is 31.1 Å². The van der Waals surface area contributed by atoms with Crippen LogP contribution in [0.5, 0.6) is 0 Å². The fourth-order valence-corrected chi connectivity index (χ4v) is 4.59. The maximum atomic E-state index is 12.2. The highest BCUT2D eigenvalue weighted by molar-refractivity contribution is 7.13. The lowest BCUT2D eigenvalue weighted by atomic mass is 9.69. The molecule has 2 aliphatic carbocycles. The Balaban J connectivity index is 1.77. The number of carbonyl (C=O) groups is 1. The highest BCUT2D eigenvalue weighted by Crippen LogP contribution is 2.65. The number of hydrogen-bond acceptors (Lipinski definition) is 4. The Morgan fingerprint density at radius 2 is 2.26 bits per heavy atom. The number of nitrogen functional groups attached to an aromatic ring is 1. The van der Waals surface area contributed by atoms with E-state index in [0.717, 1.165) is 12.3 Å². The van der Waals surface area contributed by atoms with Crippen molar-refractivity contribution in [1.82, 2.24) is 10.3 Å². The van der Waals surface area contributed by atoms with Gasteiger partial charge in [-0.2, -0.15) is 0 Å². The molecule has 0 spiro atoms. The van der Waals surface area contributed by atoms with Gasteiger partial charge >= 0.3 is 0 Å². The SMILES string of the molecule is CC1(C)C2CCC1(C)C(NC(=O)c1csc(N)n1)C2. The normalized spacial score (nSPS) is 35.5. The lowest BCUT2D eigenvalue weighted by Gasteiger charge is -2.39. The minimum atomic E-state index is -0.0810. The number of fused-ring (bicyclic) bond motifs is 2. The van der Waals surface area contributed by atoms with Crippen molar-refractivity contribution in [2.45, 2.75) is 46.1 Å². The van der Waals surface area contributed by atoms with Gasteiger partial charge in [0.15, 0.2) is 5.13 Å². The fourth-order valence-electron chi connectivity index (χ4n) is 4.05. The third-order valence-electron chi connectivity index (χ3n) is 5.85. The molecule has 0 aromatic carbocycles. The second kappa shape index (κ2) is 3.95. The Kier molecular flexibility index (Phi) is 2.68. The lowest BCUT2D eigenvalue weighted by molar-refractivity contribution is 0.0822. The molecular weight excluding hydrogens is 258 g/mol. The highest BCUT2D eigenvalue weighted by Gasteiger charge is 2.61. The highest BCUT2D eigenvalue weighted by atomic mass is 32.1. The van der Waals surface area contributed by atoms with Gasteiger partial charge in [0.2, 0.25) is 0 Å². The predicted molar refractivity (Wildman–Crippen MR) is 77.0 cm³/mol. The van der Waals surface area contributed by atoms with Crippen LogP contribution in [0.25, 0.3) is 0 Å². The van der Waals surface area contributed by atoms with E-state index in [1.807, 2.05) is 0 Å². The lowest BCUT2D eigenvalue weighted by Crippen LogP contribution is -2.46. The molecule has 19 heavy (non-hydrogen) atoms. The first-order chi connectivity index (χ1) is 8.84. The Bertz CT molecular complexity index is 525. The Labute approximate surface area is 117 Å². The Hall–Kier alpha value is -1.10. The molecule has 3 unspecified atom stereocenters. The monoisotopic (exact) mass is 279 g/mol. The molecule has 3 rings (SSSR count). The average molecular weight is 279 g/mol. The van der Waals surface area contributed by atoms with Crippen molar-refractivity contribution in [3.05, 3.63) is 11.1 Å². The van der Waals surface area contributed by atoms with Crippen LogP contribution < -0.4 is 11.1 Å². The van der Waals surface area contributed by atoms with Gasteiger partial charge in [-0.3, -0.25) is 4.79 Å². The summed E-state index contributed by atoms with van der Waals surface area (Å²) in [5.74, 6) is 0.644. The molecular formula is C14H21N3OS. The number of aromatic nitrogens is 1. The van der Waals surface area contributed by atoms with Crippen molar-refractivity contribution in [2.75, 3.05) is 5.73 Å². The Morgan fingerprint density at radius 1 is 1.53 bits per heavy atom. The zero-order valence-corrected chi connectivity index (χ0v) is 12.5. The second-order valence-electron chi connectivity index (χ2n) is 6.71. The molecule has 2 bridgehead atoms. The van der Waals surface area contributed by atoms with Crippen molar-refractivity contribution >= 4 is 22.4 Å². The van der Waals surface area contributed by atoms with E-state index < -0.39 is 0 Å². The molecule has 1 aromatic rings. The van der Waals surface area contributed by atoms with Crippen molar-refractivity contribution in [2.24, 2.45) is 16.7 Å². The predicted octanol–water partition coefficient (Wildman–Crippen LogP) is 2.67. The summed E-state index contributed by atoms with van der Waals surface area (Å²) < 4.78 is 0. The van der Waals surface area contributed by atoms with Crippen molar-refractivity contribution in [3.8, 4) is 0 Å². The number of nitrogens with two attached hydrogens (primary N) is 1. The number of nitrogens with one attached hydrogen (secondary N) is 1. The van der Waals surface area contributed by atoms with Gasteiger partial charge in [-0.1, -0.05) is 20.8 Å². The van der Waals surface area contributed by atoms with Gasteiger partial charge in [0.1, 0.15) is 5.69 Å². The van der Waals surface area contributed by atoms with Crippen LogP contribution in [0.2, 0.25) is 0 Å². The smallest absolute Gasteiger partial charge is 0.271 e. The topological polar surface area (TPSA) is 68.0 Å². The molecule has 2 aliphatic rings. The van der Waals surface area contributed by atoms with Crippen LogP contribution in [0, 0.1) is 16.7 Å². The number of anilines is 1. The third-order valence-corrected chi connectivity index (χ3v) is 6.53. The zero-order chi connectivity index (χ0) is 13.8. The molecule has 5 heteroatoms. The molecule has 3 atom stereocenters. The zero-order valence-electron chi connectivity index (χ0n) is 11.7. The van der Waals surface area contributed by atoms with Crippen molar-refractivity contribution < 1.29 is 4.79 Å². The minimum Gasteiger partial charge on any atom is -0.375 e. The first kappa shape index (κ1) is 12.9. The average Bonchev–Trinajstić information content (AvgIpc) is 2.91. The summed E-state index contributed by atoms with van der Waals surface area (Å²) >= 11 is 1.31. The van der Waals surface area contributed by atoms with Crippen LogP contribution in [-0.4, -0.2) is 16.9 Å². The van der Waals surface area contributed by atoms with Crippen LogP contribution in [0.4, 0.5) is 5.13 Å². The largest absolute Gasteiger partial charge is 0.375 e. The van der Waals surface area contributed by atoms with Gasteiger partial charge in [0.05, 0.1) is 0 Å². The maximum Gasteiger partial charge on any atom is 0.271 e. The summed E-state index contributed by atoms with van der Waals surface area (Å²) in [5, 5.41) is 5.36. The van der Waals surface area contributed by atoms with Gasteiger partial charge in [-0.25, -0.2) is 4.98 Å². The van der Waals surface area contributed by atoms with Crippen LogP contribution in [-0.2, 0) is 0 Å². The van der Waals surface area contributed by atoms with Crippen LogP contribution in [0.15, 0.2) is 5.38 Å². The molecule has 2 saturated carbocycles. The molecule has 4 nitrogen and oxygen atoms in total. The Morgan fingerprint density at radius 3 is 2.74 bits per heavy atom. The van der Waals surface area contributed by atoms with Crippen LogP contribution >= 0.6 is 11.3 Å². The summed E-state index contributed by atoms with van der Waals surface area (Å²) in [6, 6.07) is 0.261. The fraction of sp³-hybridized carbons (Fsp3) is 0.714. The van der Waals surface area contributed by atoms with Gasteiger partial charge in [-0.05, 0) is 36.0 Å². The van der Waals surface area contributed by atoms with E-state index in [1.165, 1.54) is 24.2 Å². The third kappa shape index (κ3) is 1.71. The summed E-state index contributed by atoms with van der Waals surface area (Å²) in [6.45, 7) is 7.01. The summed E-state index contributed by atoms with van der Waals surface area (Å²) in [6.07, 6.45) is 3.59. The molecule has 1 amide bonds. The van der Waals surface area contributed by atoms with Gasteiger partial charge in [0, 0.05) is 11.4 Å². The molecule has 2 fully saturated rings. The molecule has 1 heterocycles. The summed E-state index contributed by atoms with van der Waals surface area (Å²) in [7, 11) is 0. The van der Waals surface area contributed by atoms with E-state index in [0.29, 0.717) is 16.2 Å². The van der Waals surface area contributed by atoms with Gasteiger partial charge < -0.3 is 11.1 Å². The van der Waals surface area contributed by atoms with E-state index >= 15 is 0 Å². The van der Waals surface area contributed by atoms with Crippen LogP contribution in [0.3, 0.4) is 0 Å². The van der Waals surface area contributed by atoms with E-state index in [1.54, 1.807) is 5.38 Å². The molecule has 0 saturated heterocycles. The first-order valence-corrected chi connectivity index (χ1v) is 7.74. The number of rotatable bonds is 2. The molecule has 3 N–H and O–H groups in total. The van der Waals surface area contributed by atoms with E-state index in [-0.39, 0.29) is 17.4 Å². The number of nitrogens with zero attached hydrogens (tertiary/aromatic N) is 1. The number of thiazole rings is 1. The van der Waals surface area contributed by atoms with E-state index in [4.69, 9.17) is 5.73 Å². The number of carbonyl (C=O) groups excluding carboxylic acids is 1. The van der Waals surface area contributed by atoms with Gasteiger partial charge in [0.25, 0.3) is 5.91 Å². The number of amides is 1. The summed E-state index contributed by atoms with van der Waals surface area (Å²) in [5.41, 5.74) is 6.55. The molecule has 0 radical (unpaired) electrons. The minimum absolute atomic E-state index is 0.0810. The van der Waals surface area contributed by atoms with E-state index in [9.17, 15) is 4.79 Å². The van der Waals surface area contributed by atoms with Crippen molar-refractivity contribution in [1.29, 1.82) is 0 Å². The quantitative estimate of drug-likeness (QED) is 0.874. The molecule has 0 aliphatic heterocycles. The second-order valence-corrected chi connectivity index (χ2v) is 7.60. The molecule has 1 aromatic heterocycles. The summed E-state index contributed by atoms with van der Waals surface area (Å²) in [4.78, 5) is 16.3. The van der Waals surface area contributed by atoms with Crippen molar-refractivity contribution in [3.63, 3.8) is 0 Å².